The van der Waals surface area contributed by atoms with Crippen LogP contribution in [0.2, 0.25) is 0 Å². The van der Waals surface area contributed by atoms with Gasteiger partial charge >= 0.3 is 0 Å². The summed E-state index contributed by atoms with van der Waals surface area (Å²) in [5.41, 5.74) is 0. The van der Waals surface area contributed by atoms with Crippen molar-refractivity contribution in [2.24, 2.45) is 0 Å². The Morgan fingerprint density at radius 1 is 1.00 bits per heavy atom. The summed E-state index contributed by atoms with van der Waals surface area (Å²) >= 11 is 0. The number of aromatic nitrogens is 2. The molecule has 6 heteroatoms. The molecule has 0 aliphatic heterocycles. The van der Waals surface area contributed by atoms with Gasteiger partial charge in [-0.25, -0.2) is 0 Å². The monoisotopic (exact) mass is 272 g/mol. The van der Waals surface area contributed by atoms with Gasteiger partial charge in [-0.2, -0.15) is 4.98 Å². The minimum atomic E-state index is -0.597. The average molecular weight is 272 g/mol. The largest absolute Gasteiger partial charge is 0.370 e. The first-order chi connectivity index (χ1) is 9.26. The van der Waals surface area contributed by atoms with Gasteiger partial charge in [-0.3, -0.25) is 0 Å². The summed E-state index contributed by atoms with van der Waals surface area (Å²) < 4.78 is 21.7. The van der Waals surface area contributed by atoms with Crippen LogP contribution in [0.3, 0.4) is 0 Å². The summed E-state index contributed by atoms with van der Waals surface area (Å²) in [6.07, 6.45) is 1.13. The van der Waals surface area contributed by atoms with Gasteiger partial charge in [0.1, 0.15) is 6.10 Å². The minimum Gasteiger partial charge on any atom is -0.370 e. The molecule has 0 saturated carbocycles. The molecule has 0 fully saturated rings. The van der Waals surface area contributed by atoms with Gasteiger partial charge < -0.3 is 18.7 Å². The van der Waals surface area contributed by atoms with E-state index < -0.39 is 6.29 Å². The molecule has 1 aromatic rings. The lowest BCUT2D eigenvalue weighted by Gasteiger charge is -2.12. The smallest absolute Gasteiger partial charge is 0.283 e. The van der Waals surface area contributed by atoms with E-state index in [1.807, 2.05) is 20.8 Å². The predicted molar refractivity (Wildman–Crippen MR) is 69.6 cm³/mol. The van der Waals surface area contributed by atoms with Gasteiger partial charge in [-0.1, -0.05) is 18.5 Å². The van der Waals surface area contributed by atoms with Crippen LogP contribution in [0.4, 0.5) is 0 Å². The van der Waals surface area contributed by atoms with Crippen molar-refractivity contribution in [3.05, 3.63) is 11.7 Å². The molecule has 6 nitrogen and oxygen atoms in total. The molecule has 1 unspecified atom stereocenters. The Bertz CT molecular complexity index is 301. The Morgan fingerprint density at radius 2 is 1.63 bits per heavy atom. The van der Waals surface area contributed by atoms with Crippen molar-refractivity contribution in [1.29, 1.82) is 0 Å². The van der Waals surface area contributed by atoms with Gasteiger partial charge in [0.25, 0.3) is 5.89 Å². The number of nitrogens with zero attached hydrogens (tertiary/aromatic N) is 2. The van der Waals surface area contributed by atoms with Crippen LogP contribution in [0.15, 0.2) is 4.52 Å². The normalized spacial score (nSPS) is 13.1. The molecule has 0 bridgehead atoms. The first kappa shape index (κ1) is 16.1. The van der Waals surface area contributed by atoms with Crippen LogP contribution in [-0.4, -0.2) is 30.0 Å². The van der Waals surface area contributed by atoms with E-state index in [-0.39, 0.29) is 6.10 Å². The maximum absolute atomic E-state index is 5.61. The third-order valence-electron chi connectivity index (χ3n) is 2.50. The Morgan fingerprint density at radius 3 is 2.16 bits per heavy atom. The topological polar surface area (TPSA) is 66.6 Å². The van der Waals surface area contributed by atoms with E-state index in [0.29, 0.717) is 31.5 Å². The molecule has 110 valence electrons. The van der Waals surface area contributed by atoms with Crippen LogP contribution in [0.1, 0.15) is 64.6 Å². The molecular formula is C13H24N2O4. The van der Waals surface area contributed by atoms with Crippen molar-refractivity contribution < 1.29 is 18.7 Å². The van der Waals surface area contributed by atoms with Gasteiger partial charge in [-0.05, 0) is 27.2 Å². The summed E-state index contributed by atoms with van der Waals surface area (Å²) in [7, 11) is 0. The van der Waals surface area contributed by atoms with Crippen LogP contribution >= 0.6 is 0 Å². The molecule has 1 heterocycles. The van der Waals surface area contributed by atoms with E-state index in [0.717, 1.165) is 12.8 Å². The molecule has 0 saturated heterocycles. The van der Waals surface area contributed by atoms with E-state index in [1.165, 1.54) is 0 Å². The zero-order valence-electron chi connectivity index (χ0n) is 12.2. The second-order valence-electron chi connectivity index (χ2n) is 3.97. The average Bonchev–Trinajstić information content (AvgIpc) is 2.87. The molecule has 0 radical (unpaired) electrons. The molecule has 0 aromatic carbocycles. The molecule has 0 amide bonds. The van der Waals surface area contributed by atoms with Crippen molar-refractivity contribution in [2.75, 3.05) is 19.8 Å². The summed E-state index contributed by atoms with van der Waals surface area (Å²) in [5, 5.41) is 3.97. The van der Waals surface area contributed by atoms with Gasteiger partial charge in [0.2, 0.25) is 12.1 Å². The van der Waals surface area contributed by atoms with E-state index in [2.05, 4.69) is 17.1 Å². The number of rotatable bonds is 10. The number of hydrogen-bond acceptors (Lipinski definition) is 6. The van der Waals surface area contributed by atoms with Crippen LogP contribution in [-0.2, 0) is 14.2 Å². The molecule has 0 aliphatic carbocycles. The summed E-state index contributed by atoms with van der Waals surface area (Å²) in [6.45, 7) is 9.49. The van der Waals surface area contributed by atoms with Crippen LogP contribution < -0.4 is 0 Å². The lowest BCUT2D eigenvalue weighted by atomic mass is 10.2. The lowest BCUT2D eigenvalue weighted by molar-refractivity contribution is -0.155. The van der Waals surface area contributed by atoms with Crippen molar-refractivity contribution in [3.63, 3.8) is 0 Å². The second kappa shape index (κ2) is 9.01. The Hall–Kier alpha value is -0.980. The first-order valence-corrected chi connectivity index (χ1v) is 6.94. The highest BCUT2D eigenvalue weighted by Crippen LogP contribution is 2.23. The van der Waals surface area contributed by atoms with Crippen LogP contribution in [0, 0.1) is 0 Å². The van der Waals surface area contributed by atoms with Crippen molar-refractivity contribution in [2.45, 2.75) is 52.9 Å². The minimum absolute atomic E-state index is 0.128. The third kappa shape index (κ3) is 4.89. The second-order valence-corrected chi connectivity index (χ2v) is 3.97. The Labute approximate surface area is 114 Å². The summed E-state index contributed by atoms with van der Waals surface area (Å²) in [4.78, 5) is 4.33. The van der Waals surface area contributed by atoms with E-state index >= 15 is 0 Å². The highest BCUT2D eigenvalue weighted by atomic mass is 16.7. The molecule has 1 rings (SSSR count). The fraction of sp³-hybridized carbons (Fsp3) is 0.846. The van der Waals surface area contributed by atoms with Gasteiger partial charge in [-0.15, -0.1) is 0 Å². The van der Waals surface area contributed by atoms with Crippen molar-refractivity contribution in [3.8, 4) is 0 Å². The number of ether oxygens (including phenoxy) is 3. The zero-order valence-corrected chi connectivity index (χ0v) is 12.2. The Balaban J connectivity index is 2.76. The molecule has 0 spiro atoms. The van der Waals surface area contributed by atoms with Crippen molar-refractivity contribution >= 4 is 0 Å². The van der Waals surface area contributed by atoms with Crippen LogP contribution in [0.5, 0.6) is 0 Å². The maximum atomic E-state index is 5.61. The molecule has 0 N–H and O–H groups in total. The highest BCUT2D eigenvalue weighted by Gasteiger charge is 2.23. The van der Waals surface area contributed by atoms with E-state index in [9.17, 15) is 0 Å². The highest BCUT2D eigenvalue weighted by molar-refractivity contribution is 4.92. The lowest BCUT2D eigenvalue weighted by Crippen LogP contribution is -2.10. The van der Waals surface area contributed by atoms with Crippen LogP contribution in [0.25, 0.3) is 0 Å². The molecular weight excluding hydrogens is 248 g/mol. The Kier molecular flexibility index (Phi) is 7.62. The van der Waals surface area contributed by atoms with E-state index in [1.54, 1.807) is 0 Å². The maximum Gasteiger partial charge on any atom is 0.283 e. The van der Waals surface area contributed by atoms with Gasteiger partial charge in [0.15, 0.2) is 0 Å². The zero-order chi connectivity index (χ0) is 14.1. The molecule has 19 heavy (non-hydrogen) atoms. The molecule has 1 atom stereocenters. The third-order valence-corrected chi connectivity index (χ3v) is 2.50. The summed E-state index contributed by atoms with van der Waals surface area (Å²) in [5.74, 6) is 0.905. The fourth-order valence-corrected chi connectivity index (χ4v) is 1.72. The quantitative estimate of drug-likeness (QED) is 0.610. The molecule has 1 aromatic heterocycles. The standard InChI is InChI=1S/C13H24N2O4/c1-5-9-10(16-6-2)11-14-12(19-15-11)13(17-7-3)18-8-4/h10,13H,5-9H2,1-4H3. The predicted octanol–water partition coefficient (Wildman–Crippen LogP) is 3.02. The van der Waals surface area contributed by atoms with Gasteiger partial charge in [0, 0.05) is 19.8 Å². The SMILES string of the molecule is CCCC(OCC)c1noc(C(OCC)OCC)n1. The van der Waals surface area contributed by atoms with Gasteiger partial charge in [0.05, 0.1) is 0 Å². The summed E-state index contributed by atoms with van der Waals surface area (Å²) in [6, 6.07) is 0. The first-order valence-electron chi connectivity index (χ1n) is 6.94. The number of hydrogen-bond donors (Lipinski definition) is 0. The van der Waals surface area contributed by atoms with Crippen molar-refractivity contribution in [1.82, 2.24) is 10.1 Å². The molecule has 0 aliphatic rings. The fourth-order valence-electron chi connectivity index (χ4n) is 1.72. The van der Waals surface area contributed by atoms with E-state index in [4.69, 9.17) is 18.7 Å².